The van der Waals surface area contributed by atoms with Gasteiger partial charge in [0.25, 0.3) is 0 Å². The summed E-state index contributed by atoms with van der Waals surface area (Å²) in [6.45, 7) is 5.44. The van der Waals surface area contributed by atoms with Crippen LogP contribution < -0.4 is 10.1 Å². The first-order chi connectivity index (χ1) is 17.1. The maximum atomic E-state index is 14.8. The number of aromatic nitrogens is 4. The normalized spacial score (nSPS) is 25.3. The molecule has 0 radical (unpaired) electrons. The van der Waals surface area contributed by atoms with Crippen LogP contribution in [-0.4, -0.2) is 70.9 Å². The number of fused-ring (bicyclic) bond motifs is 2. The molecule has 2 aliphatic heterocycles. The summed E-state index contributed by atoms with van der Waals surface area (Å²) >= 11 is 0. The molecule has 1 saturated carbocycles. The molecule has 1 N–H and O–H groups in total. The topological polar surface area (TPSA) is 77.3 Å². The minimum atomic E-state index is -0.373. The molecule has 0 unspecified atom stereocenters. The number of rotatable bonds is 6. The SMILES string of the molecule is COc1cc(-c2cc3cn(C)nc3cc2F)nnc1N[C@@H]1C[C@@H]2CN(CC3CCOCC3)C[C@@H]2C1. The molecule has 186 valence electrons. The van der Waals surface area contributed by atoms with E-state index in [1.807, 2.05) is 13.2 Å². The predicted octanol–water partition coefficient (Wildman–Crippen LogP) is 3.73. The number of hydrogen-bond acceptors (Lipinski definition) is 7. The van der Waals surface area contributed by atoms with E-state index in [0.29, 0.717) is 34.4 Å². The highest BCUT2D eigenvalue weighted by Gasteiger charge is 2.41. The van der Waals surface area contributed by atoms with Crippen molar-refractivity contribution in [3.63, 3.8) is 0 Å². The van der Waals surface area contributed by atoms with E-state index in [1.165, 1.54) is 38.5 Å². The van der Waals surface area contributed by atoms with Crippen molar-refractivity contribution in [2.24, 2.45) is 24.8 Å². The van der Waals surface area contributed by atoms with Crippen LogP contribution in [0.2, 0.25) is 0 Å². The zero-order valence-corrected chi connectivity index (χ0v) is 20.4. The number of benzene rings is 1. The molecular formula is C26H33FN6O2. The Morgan fingerprint density at radius 1 is 1.11 bits per heavy atom. The number of halogens is 1. The second kappa shape index (κ2) is 9.35. The lowest BCUT2D eigenvalue weighted by atomic mass is 10.00. The number of likely N-dealkylation sites (tertiary alicyclic amines) is 1. The molecule has 1 aromatic carbocycles. The van der Waals surface area contributed by atoms with Crippen LogP contribution in [0.1, 0.15) is 25.7 Å². The lowest BCUT2D eigenvalue weighted by molar-refractivity contribution is 0.0545. The van der Waals surface area contributed by atoms with E-state index in [-0.39, 0.29) is 5.82 Å². The quantitative estimate of drug-likeness (QED) is 0.576. The summed E-state index contributed by atoms with van der Waals surface area (Å²) in [5, 5.41) is 17.4. The second-order valence-corrected chi connectivity index (χ2v) is 10.4. The molecule has 0 amide bonds. The predicted molar refractivity (Wildman–Crippen MR) is 132 cm³/mol. The van der Waals surface area contributed by atoms with Crippen LogP contribution in [0.25, 0.3) is 22.2 Å². The van der Waals surface area contributed by atoms with E-state index in [4.69, 9.17) is 9.47 Å². The van der Waals surface area contributed by atoms with Crippen molar-refractivity contribution in [2.75, 3.05) is 45.3 Å². The molecule has 9 heteroatoms. The van der Waals surface area contributed by atoms with Crippen LogP contribution in [0, 0.1) is 23.6 Å². The summed E-state index contributed by atoms with van der Waals surface area (Å²) in [6.07, 6.45) is 6.52. The number of hydrogen-bond donors (Lipinski definition) is 1. The van der Waals surface area contributed by atoms with Gasteiger partial charge in [0.05, 0.1) is 18.3 Å². The van der Waals surface area contributed by atoms with Gasteiger partial charge in [-0.2, -0.15) is 5.10 Å². The van der Waals surface area contributed by atoms with Gasteiger partial charge in [-0.25, -0.2) is 4.39 Å². The fraction of sp³-hybridized carbons (Fsp3) is 0.577. The van der Waals surface area contributed by atoms with Gasteiger partial charge in [-0.15, -0.1) is 10.2 Å². The van der Waals surface area contributed by atoms with Gasteiger partial charge in [0.15, 0.2) is 11.6 Å². The van der Waals surface area contributed by atoms with Gasteiger partial charge in [-0.1, -0.05) is 0 Å². The highest BCUT2D eigenvalue weighted by molar-refractivity contribution is 5.84. The Balaban J connectivity index is 1.12. The van der Waals surface area contributed by atoms with Crippen LogP contribution in [0.15, 0.2) is 24.4 Å². The molecule has 3 fully saturated rings. The number of methoxy groups -OCH3 is 1. The van der Waals surface area contributed by atoms with Crippen molar-refractivity contribution in [3.05, 3.63) is 30.2 Å². The molecule has 35 heavy (non-hydrogen) atoms. The molecule has 2 saturated heterocycles. The summed E-state index contributed by atoms with van der Waals surface area (Å²) in [4.78, 5) is 2.67. The Morgan fingerprint density at radius 2 is 1.89 bits per heavy atom. The molecule has 2 aromatic heterocycles. The maximum absolute atomic E-state index is 14.8. The highest BCUT2D eigenvalue weighted by atomic mass is 19.1. The number of aryl methyl sites for hydroxylation is 1. The average molecular weight is 481 g/mol. The van der Waals surface area contributed by atoms with Crippen molar-refractivity contribution < 1.29 is 13.9 Å². The fourth-order valence-corrected chi connectivity index (χ4v) is 6.28. The van der Waals surface area contributed by atoms with E-state index in [2.05, 4.69) is 25.5 Å². The number of nitrogens with zero attached hydrogens (tertiary/aromatic N) is 5. The third-order valence-corrected chi connectivity index (χ3v) is 7.99. The van der Waals surface area contributed by atoms with Crippen LogP contribution in [0.5, 0.6) is 5.75 Å². The summed E-state index contributed by atoms with van der Waals surface area (Å²) in [7, 11) is 3.44. The number of anilines is 1. The molecule has 3 atom stereocenters. The Bertz CT molecular complexity index is 1200. The monoisotopic (exact) mass is 480 g/mol. The van der Waals surface area contributed by atoms with Gasteiger partial charge in [-0.05, 0) is 49.5 Å². The standard InChI is InChI=1S/C26H33FN6O2/c1-32-13-19-9-21(22(27)10-23(19)31-32)24-11-25(34-2)26(30-29-24)28-20-7-17-14-33(15-18(17)8-20)12-16-3-5-35-6-4-16/h9-11,13,16-18,20H,3-8,12,14-15H2,1-2H3,(H,28,30)/t17-,18+,20-. The molecule has 0 bridgehead atoms. The first-order valence-electron chi connectivity index (χ1n) is 12.7. The van der Waals surface area contributed by atoms with Crippen molar-refractivity contribution in [2.45, 2.75) is 31.7 Å². The van der Waals surface area contributed by atoms with E-state index >= 15 is 0 Å². The molecular weight excluding hydrogens is 447 g/mol. The molecule has 0 spiro atoms. The van der Waals surface area contributed by atoms with Gasteiger partial charge >= 0.3 is 0 Å². The van der Waals surface area contributed by atoms with Crippen molar-refractivity contribution >= 4 is 16.7 Å². The van der Waals surface area contributed by atoms with E-state index < -0.39 is 0 Å². The molecule has 3 aromatic rings. The lowest BCUT2D eigenvalue weighted by Gasteiger charge is -2.27. The lowest BCUT2D eigenvalue weighted by Crippen LogP contribution is -2.32. The van der Waals surface area contributed by atoms with Gasteiger partial charge < -0.3 is 19.7 Å². The minimum Gasteiger partial charge on any atom is -0.493 e. The van der Waals surface area contributed by atoms with E-state index in [9.17, 15) is 4.39 Å². The minimum absolute atomic E-state index is 0.354. The molecule has 6 rings (SSSR count). The number of nitrogens with one attached hydrogen (secondary N) is 1. The van der Waals surface area contributed by atoms with Gasteiger partial charge in [0.2, 0.25) is 0 Å². The Labute approximate surface area is 204 Å². The molecule has 8 nitrogen and oxygen atoms in total. The zero-order valence-electron chi connectivity index (χ0n) is 20.4. The first-order valence-corrected chi connectivity index (χ1v) is 12.7. The maximum Gasteiger partial charge on any atom is 0.191 e. The first kappa shape index (κ1) is 22.7. The van der Waals surface area contributed by atoms with Gasteiger partial charge in [-0.3, -0.25) is 4.68 Å². The number of ether oxygens (including phenoxy) is 2. The van der Waals surface area contributed by atoms with Crippen molar-refractivity contribution in [3.8, 4) is 17.0 Å². The Morgan fingerprint density at radius 3 is 2.63 bits per heavy atom. The fourth-order valence-electron chi connectivity index (χ4n) is 6.28. The zero-order chi connectivity index (χ0) is 23.9. The van der Waals surface area contributed by atoms with Crippen LogP contribution >= 0.6 is 0 Å². The van der Waals surface area contributed by atoms with Crippen LogP contribution in [0.3, 0.4) is 0 Å². The Hall–Kier alpha value is -2.78. The summed E-state index contributed by atoms with van der Waals surface area (Å²) in [6, 6.07) is 5.32. The second-order valence-electron chi connectivity index (χ2n) is 10.4. The van der Waals surface area contributed by atoms with Crippen molar-refractivity contribution in [1.82, 2.24) is 24.9 Å². The Kier molecular flexibility index (Phi) is 6.06. The largest absolute Gasteiger partial charge is 0.493 e. The van der Waals surface area contributed by atoms with Crippen LogP contribution in [-0.2, 0) is 11.8 Å². The third kappa shape index (κ3) is 4.59. The van der Waals surface area contributed by atoms with Crippen LogP contribution in [0.4, 0.5) is 10.2 Å². The summed E-state index contributed by atoms with van der Waals surface area (Å²) in [5.74, 6) is 3.08. The van der Waals surface area contributed by atoms with Gasteiger partial charge in [0, 0.05) is 75.2 Å². The van der Waals surface area contributed by atoms with Crippen molar-refractivity contribution in [1.29, 1.82) is 0 Å². The highest BCUT2D eigenvalue weighted by Crippen LogP contribution is 2.41. The summed E-state index contributed by atoms with van der Waals surface area (Å²) in [5.41, 5.74) is 1.45. The molecule has 3 aliphatic rings. The van der Waals surface area contributed by atoms with E-state index in [1.54, 1.807) is 23.9 Å². The average Bonchev–Trinajstić information content (AvgIpc) is 3.51. The van der Waals surface area contributed by atoms with E-state index in [0.717, 1.165) is 49.2 Å². The third-order valence-electron chi connectivity index (χ3n) is 7.99. The smallest absolute Gasteiger partial charge is 0.191 e. The molecule has 4 heterocycles. The van der Waals surface area contributed by atoms with Gasteiger partial charge in [0.1, 0.15) is 5.82 Å². The molecule has 1 aliphatic carbocycles. The summed E-state index contributed by atoms with van der Waals surface area (Å²) < 4.78 is 27.6.